The van der Waals surface area contributed by atoms with Gasteiger partial charge < -0.3 is 34.2 Å². The summed E-state index contributed by atoms with van der Waals surface area (Å²) in [6.07, 6.45) is 12.9. The average molecular weight is 801 g/mol. The maximum atomic E-state index is 14.6. The maximum Gasteiger partial charge on any atom is 0.269 e. The number of unbranched alkanes of at least 4 members (excludes halogenated alkanes) is 2. The van der Waals surface area contributed by atoms with Crippen LogP contribution < -0.4 is 9.47 Å². The Balaban J connectivity index is 1.51. The number of hydrogen-bond donors (Lipinski definition) is 2. The molecule has 4 aliphatic rings. The topological polar surface area (TPSA) is 156 Å². The Morgan fingerprint density at radius 2 is 1.86 bits per heavy atom. The van der Waals surface area contributed by atoms with Crippen LogP contribution in [0.4, 0.5) is 5.69 Å². The number of rotatable bonds is 23. The minimum absolute atomic E-state index is 0.0263. The Bertz CT molecular complexity index is 1810. The van der Waals surface area contributed by atoms with Gasteiger partial charge in [0.15, 0.2) is 0 Å². The molecular formula is C45H60N4O9. The van der Waals surface area contributed by atoms with Gasteiger partial charge in [-0.3, -0.25) is 19.8 Å². The third-order valence-corrected chi connectivity index (χ3v) is 11.8. The molecule has 1 saturated carbocycles. The van der Waals surface area contributed by atoms with E-state index in [9.17, 15) is 25.1 Å². The second-order valence-electron chi connectivity index (χ2n) is 15.6. The zero-order valence-corrected chi connectivity index (χ0v) is 34.0. The van der Waals surface area contributed by atoms with Crippen molar-refractivity contribution in [2.75, 3.05) is 59.2 Å². The summed E-state index contributed by atoms with van der Waals surface area (Å²) in [5, 5.41) is 35.7. The number of amides is 1. The minimum atomic E-state index is -1.36. The number of ether oxygens (including phenoxy) is 3. The van der Waals surface area contributed by atoms with Crippen LogP contribution in [-0.2, 0) is 14.4 Å². The number of nitro groups is 1. The number of benzene rings is 2. The van der Waals surface area contributed by atoms with E-state index in [0.717, 1.165) is 67.9 Å². The highest BCUT2D eigenvalue weighted by Gasteiger charge is 2.65. The highest BCUT2D eigenvalue weighted by Crippen LogP contribution is 2.62. The van der Waals surface area contributed by atoms with E-state index < -0.39 is 22.7 Å². The monoisotopic (exact) mass is 800 g/mol. The van der Waals surface area contributed by atoms with Crippen LogP contribution in [0.5, 0.6) is 11.5 Å². The normalized spacial score (nSPS) is 25.3. The maximum absolute atomic E-state index is 14.6. The quantitative estimate of drug-likeness (QED) is 0.0303. The lowest BCUT2D eigenvalue weighted by Crippen LogP contribution is -2.70. The number of allylic oxidation sites excluding steroid dienone is 1. The van der Waals surface area contributed by atoms with Crippen molar-refractivity contribution >= 4 is 23.4 Å². The molecule has 2 aromatic rings. The highest BCUT2D eigenvalue weighted by molar-refractivity contribution is 6.03. The summed E-state index contributed by atoms with van der Waals surface area (Å²) in [5.41, 5.74) is 3.37. The van der Waals surface area contributed by atoms with Gasteiger partial charge in [-0.05, 0) is 98.4 Å². The van der Waals surface area contributed by atoms with Crippen LogP contribution in [0, 0.1) is 27.9 Å². The smallest absolute Gasteiger partial charge is 0.269 e. The van der Waals surface area contributed by atoms with Gasteiger partial charge in [-0.2, -0.15) is 0 Å². The summed E-state index contributed by atoms with van der Waals surface area (Å²) in [7, 11) is 0. The predicted molar refractivity (Wildman–Crippen MR) is 223 cm³/mol. The van der Waals surface area contributed by atoms with Gasteiger partial charge in [0.1, 0.15) is 30.8 Å². The molecule has 2 aromatic carbocycles. The minimum Gasteiger partial charge on any atom is -0.492 e. The van der Waals surface area contributed by atoms with Crippen molar-refractivity contribution in [3.63, 3.8) is 0 Å². The lowest BCUT2D eigenvalue weighted by molar-refractivity contribution is -0.384. The summed E-state index contributed by atoms with van der Waals surface area (Å²) in [6, 6.07) is 11.5. The van der Waals surface area contributed by atoms with Crippen LogP contribution in [0.2, 0.25) is 0 Å². The van der Waals surface area contributed by atoms with E-state index in [1.54, 1.807) is 24.3 Å². The lowest BCUT2D eigenvalue weighted by Gasteiger charge is -2.60. The fourth-order valence-electron chi connectivity index (χ4n) is 9.10. The standard InChI is InChI=1S/C45H60N4O9/c1-4-21-48(42(52)20-15-32-13-16-34(17-14-32)49(53)54)41-31-39(46-57-6-3)37-29-33(11-7-9-25-50)36(12-8-10-26-51)43-38-30-35(55-28-24-47-22-23-47)18-19-40(38)58-45(41,44(37)43)56-27-5-2/h5,13-20,29-30,33,36,41,43-44,50-51H,2,4,6-12,21-28,31H2,1,3H3/t33-,36+,41-,43+,44+,45+/m0/s1. The molecule has 0 spiro atoms. The molecule has 2 aliphatic carbocycles. The predicted octanol–water partition coefficient (Wildman–Crippen LogP) is 6.89. The number of carbonyl (C=O) groups is 1. The summed E-state index contributed by atoms with van der Waals surface area (Å²) in [4.78, 5) is 35.4. The van der Waals surface area contributed by atoms with Gasteiger partial charge in [-0.15, -0.1) is 6.58 Å². The molecule has 58 heavy (non-hydrogen) atoms. The summed E-state index contributed by atoms with van der Waals surface area (Å²) >= 11 is 0. The molecule has 2 aliphatic heterocycles. The molecule has 0 unspecified atom stereocenters. The van der Waals surface area contributed by atoms with Gasteiger partial charge in [0.2, 0.25) is 11.7 Å². The molecule has 13 nitrogen and oxygen atoms in total. The Morgan fingerprint density at radius 3 is 2.53 bits per heavy atom. The van der Waals surface area contributed by atoms with E-state index in [2.05, 4.69) is 23.6 Å². The molecule has 2 heterocycles. The number of fused-ring (bicyclic) bond motifs is 2. The van der Waals surface area contributed by atoms with Crippen LogP contribution in [0.15, 0.2) is 78.0 Å². The molecule has 2 N–H and O–H groups in total. The molecule has 6 atom stereocenters. The number of oxime groups is 1. The number of nitrogens with zero attached hydrogens (tertiary/aromatic N) is 4. The fourth-order valence-corrected chi connectivity index (χ4v) is 9.10. The van der Waals surface area contributed by atoms with Crippen molar-refractivity contribution in [3.8, 4) is 11.5 Å². The first-order valence-electron chi connectivity index (χ1n) is 21.1. The first kappa shape index (κ1) is 43.0. The van der Waals surface area contributed by atoms with Crippen LogP contribution in [0.1, 0.15) is 82.3 Å². The average Bonchev–Trinajstić information content (AvgIpc) is 4.06. The molecular weight excluding hydrogens is 741 g/mol. The Morgan fingerprint density at radius 1 is 1.10 bits per heavy atom. The van der Waals surface area contributed by atoms with Crippen LogP contribution in [0.25, 0.3) is 6.08 Å². The van der Waals surface area contributed by atoms with Crippen molar-refractivity contribution in [2.45, 2.75) is 83.0 Å². The van der Waals surface area contributed by atoms with E-state index in [1.807, 2.05) is 30.9 Å². The zero-order chi connectivity index (χ0) is 41.1. The third-order valence-electron chi connectivity index (χ3n) is 11.8. The second kappa shape index (κ2) is 20.4. The summed E-state index contributed by atoms with van der Waals surface area (Å²) < 4.78 is 20.7. The second-order valence-corrected chi connectivity index (χ2v) is 15.6. The highest BCUT2D eigenvalue weighted by atomic mass is 16.7. The molecule has 0 aromatic heterocycles. The zero-order valence-electron chi connectivity index (χ0n) is 34.0. The van der Waals surface area contributed by atoms with E-state index >= 15 is 0 Å². The molecule has 0 bridgehead atoms. The van der Waals surface area contributed by atoms with Gasteiger partial charge >= 0.3 is 0 Å². The molecule has 13 heteroatoms. The van der Waals surface area contributed by atoms with Crippen molar-refractivity contribution in [3.05, 3.63) is 94.1 Å². The number of aliphatic hydroxyl groups is 2. The van der Waals surface area contributed by atoms with Crippen LogP contribution >= 0.6 is 0 Å². The number of hydrogen-bond acceptors (Lipinski definition) is 11. The fraction of sp³-hybridized carbons (Fsp3) is 0.556. The number of nitro benzene ring substituents is 1. The third kappa shape index (κ3) is 9.82. The van der Waals surface area contributed by atoms with Crippen molar-refractivity contribution < 1.29 is 39.0 Å². The lowest BCUT2D eigenvalue weighted by atomic mass is 9.55. The molecule has 0 radical (unpaired) electrons. The Kier molecular flexibility index (Phi) is 15.1. The Labute approximate surface area is 342 Å². The molecule has 314 valence electrons. The van der Waals surface area contributed by atoms with E-state index in [1.165, 1.54) is 18.2 Å². The van der Waals surface area contributed by atoms with Crippen molar-refractivity contribution in [1.29, 1.82) is 0 Å². The number of carbonyl (C=O) groups excluding carboxylic acids is 1. The Hall–Kier alpha value is -4.56. The number of non-ortho nitro benzene ring substituents is 1. The molecule has 1 amide bonds. The van der Waals surface area contributed by atoms with E-state index in [-0.39, 0.29) is 49.2 Å². The van der Waals surface area contributed by atoms with Gasteiger partial charge in [-0.25, -0.2) is 0 Å². The van der Waals surface area contributed by atoms with Gasteiger partial charge in [0.25, 0.3) is 5.69 Å². The summed E-state index contributed by atoms with van der Waals surface area (Å²) in [5.74, 6) is -0.512. The first-order valence-corrected chi connectivity index (χ1v) is 21.1. The largest absolute Gasteiger partial charge is 0.492 e. The first-order chi connectivity index (χ1) is 28.3. The van der Waals surface area contributed by atoms with Crippen LogP contribution in [0.3, 0.4) is 0 Å². The van der Waals surface area contributed by atoms with Crippen molar-refractivity contribution in [2.24, 2.45) is 22.9 Å². The van der Waals surface area contributed by atoms with Gasteiger partial charge in [-0.1, -0.05) is 37.1 Å². The molecule has 2 fully saturated rings. The molecule has 1 saturated heterocycles. The van der Waals surface area contributed by atoms with Crippen LogP contribution in [-0.4, -0.2) is 108 Å². The van der Waals surface area contributed by atoms with E-state index in [4.69, 9.17) is 24.2 Å². The van der Waals surface area contributed by atoms with Crippen molar-refractivity contribution in [1.82, 2.24) is 9.80 Å². The molecule has 6 rings (SSSR count). The summed E-state index contributed by atoms with van der Waals surface area (Å²) in [6.45, 7) is 12.7. The SMILES string of the molecule is C=CCO[C@@]12Oc3ccc(OCCN4CC4)cc3[C@H]3[C@H](CCCCO)[C@@H](CCCCO)C=C(C(=NOCC)C[C@@H]1N(CCC)C(=O)C=Cc1ccc([N+](=O)[O-])cc1)[C@H]32. The van der Waals surface area contributed by atoms with Gasteiger partial charge in [0, 0.05) is 75.5 Å². The van der Waals surface area contributed by atoms with E-state index in [0.29, 0.717) is 56.8 Å². The van der Waals surface area contributed by atoms with Gasteiger partial charge in [0.05, 0.1) is 23.2 Å². The number of aliphatic hydroxyl groups excluding tert-OH is 2.